The molecular formula is C22H7B11ClF2N3O4. The number of rotatable bonds is 5. The molecular weight excluding hydrogens is 563 g/mol. The average Bonchev–Trinajstić information content (AvgIpc) is 3.14. The summed E-state index contributed by atoms with van der Waals surface area (Å²) < 4.78 is 29.7. The number of benzene rings is 2. The van der Waals surface area contributed by atoms with Crippen molar-refractivity contribution in [3.8, 4) is 0 Å². The quantitative estimate of drug-likeness (QED) is 0.290. The predicted octanol–water partition coefficient (Wildman–Crippen LogP) is -4.74. The first-order valence-corrected chi connectivity index (χ1v) is 12.3. The van der Waals surface area contributed by atoms with Gasteiger partial charge in [-0.3, -0.25) is 19.2 Å². The smallest absolute Gasteiger partial charge is 0.347 e. The average molecular weight is 570 g/mol. The van der Waals surface area contributed by atoms with Crippen molar-refractivity contribution in [2.24, 2.45) is 0 Å². The molecule has 2 aromatic carbocycles. The van der Waals surface area contributed by atoms with E-state index in [4.69, 9.17) is 98.0 Å². The molecule has 2 aliphatic rings. The van der Waals surface area contributed by atoms with Gasteiger partial charge in [0.25, 0.3) is 11.8 Å². The van der Waals surface area contributed by atoms with Gasteiger partial charge in [0.15, 0.2) is 0 Å². The fourth-order valence-corrected chi connectivity index (χ4v) is 5.16. The standard InChI is InChI=1S/C22H7B11ClF2N3O4/c23-11-8(5-37-15(41)18(35,36)6-1-3-7(34)4-2-6)12(24)13(25)9-10(11)21(29,30)39(14(9)40)20(28)17(43)38(33)16(42)19(26,27)22(20,31)32/h1-4H,5H2,(H,37,41). The van der Waals surface area contributed by atoms with E-state index < -0.39 is 90.4 Å². The van der Waals surface area contributed by atoms with Crippen LogP contribution in [-0.2, 0) is 32.2 Å². The Morgan fingerprint density at radius 3 is 1.95 bits per heavy atom. The van der Waals surface area contributed by atoms with Crippen molar-refractivity contribution in [2.75, 3.05) is 0 Å². The summed E-state index contributed by atoms with van der Waals surface area (Å²) in [6.07, 6.45) is 0. The number of alkyl halides is 2. The maximum absolute atomic E-state index is 14.8. The number of nitrogens with zero attached hydrogens (tertiary/aromatic N) is 2. The van der Waals surface area contributed by atoms with Crippen LogP contribution in [0.15, 0.2) is 24.3 Å². The summed E-state index contributed by atoms with van der Waals surface area (Å²) in [4.78, 5) is 52.3. The van der Waals surface area contributed by atoms with Crippen molar-refractivity contribution < 1.29 is 28.0 Å². The van der Waals surface area contributed by atoms with Crippen molar-refractivity contribution in [1.29, 1.82) is 0 Å². The van der Waals surface area contributed by atoms with Gasteiger partial charge in [0.05, 0.1) is 52.5 Å². The molecule has 1 saturated heterocycles. The zero-order chi connectivity index (χ0) is 32.8. The van der Waals surface area contributed by atoms with Gasteiger partial charge in [0.2, 0.25) is 19.8 Å². The number of hydrogen-bond acceptors (Lipinski definition) is 4. The van der Waals surface area contributed by atoms with Gasteiger partial charge in [-0.1, -0.05) is 45.3 Å². The highest BCUT2D eigenvalue weighted by Crippen LogP contribution is 2.58. The number of piperidine rings is 1. The molecule has 2 aliphatic heterocycles. The molecule has 4 amide bonds. The molecule has 0 aliphatic carbocycles. The molecule has 2 aromatic rings. The van der Waals surface area contributed by atoms with Crippen molar-refractivity contribution in [1.82, 2.24) is 15.0 Å². The highest BCUT2D eigenvalue weighted by atomic mass is 35.5. The van der Waals surface area contributed by atoms with Gasteiger partial charge in [0.1, 0.15) is 31.4 Å². The summed E-state index contributed by atoms with van der Waals surface area (Å²) in [5.74, 6) is -10.2. The number of fused-ring (bicyclic) bond motifs is 1. The lowest BCUT2D eigenvalue weighted by molar-refractivity contribution is -0.150. The summed E-state index contributed by atoms with van der Waals surface area (Å²) >= 11 is 5.72. The van der Waals surface area contributed by atoms with E-state index in [0.717, 1.165) is 24.3 Å². The Morgan fingerprint density at radius 1 is 0.884 bits per heavy atom. The SMILES string of the molecule is [B]c1c([B])c2c(c([B])c1CNC(=O)C(F)(F)c1ccc(Cl)cc1)C([B])([B])N(C1([B])C(=O)N([B])C(=O)C([B])([B])C1([B])[B])C2=O. The summed E-state index contributed by atoms with van der Waals surface area (Å²) in [6.45, 7) is -0.772. The van der Waals surface area contributed by atoms with E-state index in [0.29, 0.717) is 0 Å². The van der Waals surface area contributed by atoms with Crippen LogP contribution in [0.5, 0.6) is 0 Å². The summed E-state index contributed by atoms with van der Waals surface area (Å²) in [5, 5.41) is -6.47. The fourth-order valence-electron chi connectivity index (χ4n) is 5.03. The molecule has 0 saturated carbocycles. The second-order valence-corrected chi connectivity index (χ2v) is 10.6. The summed E-state index contributed by atoms with van der Waals surface area (Å²) in [7, 11) is 66.7. The Balaban J connectivity index is 1.80. The number of imide groups is 1. The third kappa shape index (κ3) is 4.36. The van der Waals surface area contributed by atoms with E-state index >= 15 is 0 Å². The number of hydrogen-bond donors (Lipinski definition) is 1. The lowest BCUT2D eigenvalue weighted by atomic mass is 9.20. The van der Waals surface area contributed by atoms with E-state index in [2.05, 4.69) is 0 Å². The molecule has 0 spiro atoms. The molecule has 22 radical (unpaired) electrons. The molecule has 1 unspecified atom stereocenters. The first kappa shape index (κ1) is 33.3. The third-order valence-corrected chi connectivity index (χ3v) is 7.87. The zero-order valence-electron chi connectivity index (χ0n) is 22.0. The molecule has 43 heavy (non-hydrogen) atoms. The van der Waals surface area contributed by atoms with Crippen molar-refractivity contribution in [2.45, 2.75) is 33.7 Å². The molecule has 2 heterocycles. The van der Waals surface area contributed by atoms with Crippen LogP contribution in [0.3, 0.4) is 0 Å². The summed E-state index contributed by atoms with van der Waals surface area (Å²) in [6, 6.07) is 4.23. The normalized spacial score (nSPS) is 22.3. The Kier molecular flexibility index (Phi) is 7.90. The van der Waals surface area contributed by atoms with Crippen LogP contribution in [0.2, 0.25) is 15.5 Å². The topological polar surface area (TPSA) is 86.8 Å². The highest BCUT2D eigenvalue weighted by Gasteiger charge is 2.67. The molecule has 21 heteroatoms. The Bertz CT molecular complexity index is 1610. The molecule has 4 rings (SSSR count). The van der Waals surface area contributed by atoms with Gasteiger partial charge in [-0.15, -0.1) is 0 Å². The largest absolute Gasteiger partial charge is 0.349 e. The van der Waals surface area contributed by atoms with Crippen LogP contribution >= 0.6 is 11.6 Å². The molecule has 1 N–H and O–H groups in total. The third-order valence-electron chi connectivity index (χ3n) is 7.62. The van der Waals surface area contributed by atoms with Gasteiger partial charge in [-0.05, 0) is 33.8 Å². The Hall–Kier alpha value is -2.62. The van der Waals surface area contributed by atoms with E-state index in [1.165, 1.54) is 0 Å². The number of nitrogens with one attached hydrogen (secondary N) is 1. The lowest BCUT2D eigenvalue weighted by Crippen LogP contribution is -2.78. The molecule has 7 nitrogen and oxygen atoms in total. The van der Waals surface area contributed by atoms with Crippen molar-refractivity contribution >= 4 is 138 Å². The Morgan fingerprint density at radius 2 is 1.42 bits per heavy atom. The molecule has 1 fully saturated rings. The minimum Gasteiger partial charge on any atom is -0.347 e. The maximum Gasteiger partial charge on any atom is 0.349 e. The second-order valence-electron chi connectivity index (χ2n) is 10.2. The molecule has 188 valence electrons. The van der Waals surface area contributed by atoms with Gasteiger partial charge in [-0.25, -0.2) is 0 Å². The van der Waals surface area contributed by atoms with Crippen LogP contribution < -0.4 is 21.7 Å². The lowest BCUT2D eigenvalue weighted by Gasteiger charge is -2.65. The minimum atomic E-state index is -4.03. The number of carbonyl (C=O) groups is 4. The predicted molar refractivity (Wildman–Crippen MR) is 164 cm³/mol. The Labute approximate surface area is 265 Å². The highest BCUT2D eigenvalue weighted by molar-refractivity contribution is 6.68. The van der Waals surface area contributed by atoms with Crippen molar-refractivity contribution in [3.05, 3.63) is 51.5 Å². The van der Waals surface area contributed by atoms with Crippen LogP contribution in [0.1, 0.15) is 27.0 Å². The van der Waals surface area contributed by atoms with E-state index in [1.807, 2.05) is 5.32 Å². The zero-order valence-corrected chi connectivity index (χ0v) is 22.8. The van der Waals surface area contributed by atoms with Crippen LogP contribution in [-0.4, -0.2) is 125 Å². The maximum atomic E-state index is 14.8. The fraction of sp³-hybridized carbons (Fsp3) is 0.273. The van der Waals surface area contributed by atoms with Gasteiger partial charge in [0, 0.05) is 22.7 Å². The molecule has 0 aromatic heterocycles. The first-order valence-electron chi connectivity index (χ1n) is 11.9. The van der Waals surface area contributed by atoms with Gasteiger partial charge < -0.3 is 15.0 Å². The summed E-state index contributed by atoms with van der Waals surface area (Å²) in [5.41, 5.74) is -6.73. The monoisotopic (exact) mass is 571 g/mol. The van der Waals surface area contributed by atoms with Gasteiger partial charge >= 0.3 is 5.92 Å². The number of carbonyl (C=O) groups excluding carboxylic acids is 4. The van der Waals surface area contributed by atoms with Crippen LogP contribution in [0.25, 0.3) is 0 Å². The molecule has 1 atom stereocenters. The second kappa shape index (κ2) is 10.2. The number of halogens is 3. The van der Waals surface area contributed by atoms with Crippen LogP contribution in [0, 0.1) is 0 Å². The number of amides is 4. The van der Waals surface area contributed by atoms with E-state index in [1.54, 1.807) is 0 Å². The molecule has 0 bridgehead atoms. The minimum absolute atomic E-state index is 0.118. The first-order chi connectivity index (χ1) is 19.5. The van der Waals surface area contributed by atoms with Gasteiger partial charge in [-0.2, -0.15) is 8.78 Å². The van der Waals surface area contributed by atoms with Crippen LogP contribution in [0.4, 0.5) is 8.78 Å². The van der Waals surface area contributed by atoms with E-state index in [9.17, 15) is 28.0 Å². The van der Waals surface area contributed by atoms with Crippen molar-refractivity contribution in [3.63, 3.8) is 0 Å². The van der Waals surface area contributed by atoms with E-state index in [-0.39, 0.29) is 20.3 Å².